The van der Waals surface area contributed by atoms with Gasteiger partial charge in [0.05, 0.1) is 5.52 Å². The Morgan fingerprint density at radius 1 is 1.20 bits per heavy atom. The highest BCUT2D eigenvalue weighted by molar-refractivity contribution is 7.80. The molecule has 0 saturated heterocycles. The molecule has 104 valence electrons. The largest absolute Gasteiger partial charge is 0.360 e. The lowest BCUT2D eigenvalue weighted by molar-refractivity contribution is 0.415. The van der Waals surface area contributed by atoms with E-state index in [1.807, 2.05) is 24.4 Å². The molecule has 2 N–H and O–H groups in total. The molecular weight excluding hydrogens is 268 g/mol. The maximum absolute atomic E-state index is 5.39. The number of fused-ring (bicyclic) bond motifs is 1. The summed E-state index contributed by atoms with van der Waals surface area (Å²) in [4.78, 5) is 8.25. The van der Waals surface area contributed by atoms with Crippen molar-refractivity contribution in [2.45, 2.75) is 38.1 Å². The molecule has 1 heterocycles. The fourth-order valence-corrected chi connectivity index (χ4v) is 2.95. The van der Waals surface area contributed by atoms with Crippen molar-refractivity contribution in [2.24, 2.45) is 0 Å². The van der Waals surface area contributed by atoms with Gasteiger partial charge in [0, 0.05) is 23.3 Å². The van der Waals surface area contributed by atoms with Crippen molar-refractivity contribution in [3.8, 4) is 0 Å². The van der Waals surface area contributed by atoms with E-state index < -0.39 is 0 Å². The maximum Gasteiger partial charge on any atom is 0.170 e. The van der Waals surface area contributed by atoms with Crippen LogP contribution < -0.4 is 10.6 Å². The van der Waals surface area contributed by atoms with Crippen molar-refractivity contribution >= 4 is 33.9 Å². The average Bonchev–Trinajstić information content (AvgIpc) is 2.48. The van der Waals surface area contributed by atoms with Gasteiger partial charge in [0.25, 0.3) is 0 Å². The highest BCUT2D eigenvalue weighted by Crippen LogP contribution is 2.18. The van der Waals surface area contributed by atoms with E-state index in [2.05, 4.69) is 20.6 Å². The standard InChI is InChI=1S/C15H18N4S/c20-15(18-12-4-2-1-3-5-12)19-13-6-7-14-11(8-13)9-16-10-17-14/h6-10,12H,1-5H2,(H2,18,19,20). The van der Waals surface area contributed by atoms with Crippen molar-refractivity contribution in [1.29, 1.82) is 0 Å². The Bertz CT molecular complexity index is 608. The molecule has 1 saturated carbocycles. The fourth-order valence-electron chi connectivity index (χ4n) is 2.66. The van der Waals surface area contributed by atoms with Crippen LogP contribution in [0.5, 0.6) is 0 Å². The molecule has 1 aliphatic rings. The SMILES string of the molecule is S=C(Nc1ccc2ncncc2c1)NC1CCCCC1. The molecule has 1 aromatic carbocycles. The number of nitrogens with one attached hydrogen (secondary N) is 2. The van der Waals surface area contributed by atoms with E-state index in [0.717, 1.165) is 16.6 Å². The summed E-state index contributed by atoms with van der Waals surface area (Å²) in [6, 6.07) is 6.50. The monoisotopic (exact) mass is 286 g/mol. The molecule has 20 heavy (non-hydrogen) atoms. The summed E-state index contributed by atoms with van der Waals surface area (Å²) in [5, 5.41) is 8.36. The first-order valence-corrected chi connectivity index (χ1v) is 7.49. The third-order valence-electron chi connectivity index (χ3n) is 3.70. The van der Waals surface area contributed by atoms with Crippen LogP contribution in [0.2, 0.25) is 0 Å². The predicted molar refractivity (Wildman–Crippen MR) is 85.8 cm³/mol. The Hall–Kier alpha value is -1.75. The van der Waals surface area contributed by atoms with Crippen LogP contribution in [0.25, 0.3) is 10.9 Å². The van der Waals surface area contributed by atoms with Gasteiger partial charge in [-0.3, -0.25) is 0 Å². The normalized spacial score (nSPS) is 16.0. The van der Waals surface area contributed by atoms with Crippen LogP contribution in [0, 0.1) is 0 Å². The van der Waals surface area contributed by atoms with Gasteiger partial charge >= 0.3 is 0 Å². The molecule has 3 rings (SSSR count). The summed E-state index contributed by atoms with van der Waals surface area (Å²) in [6.45, 7) is 0. The average molecular weight is 286 g/mol. The molecule has 1 fully saturated rings. The Morgan fingerprint density at radius 2 is 2.05 bits per heavy atom. The molecule has 1 aliphatic carbocycles. The minimum absolute atomic E-state index is 0.521. The summed E-state index contributed by atoms with van der Waals surface area (Å²) in [6.07, 6.45) is 9.75. The van der Waals surface area contributed by atoms with Gasteiger partial charge in [-0.25, -0.2) is 9.97 Å². The fraction of sp³-hybridized carbons (Fsp3) is 0.400. The summed E-state index contributed by atoms with van der Waals surface area (Å²) in [7, 11) is 0. The molecule has 0 bridgehead atoms. The van der Waals surface area contributed by atoms with Gasteiger partial charge in [-0.1, -0.05) is 19.3 Å². The minimum atomic E-state index is 0.521. The number of benzene rings is 1. The number of hydrogen-bond donors (Lipinski definition) is 2. The number of thiocarbonyl (C=S) groups is 1. The lowest BCUT2D eigenvalue weighted by atomic mass is 9.96. The Labute approximate surface area is 124 Å². The van der Waals surface area contributed by atoms with Crippen LogP contribution in [0.15, 0.2) is 30.7 Å². The Morgan fingerprint density at radius 3 is 2.90 bits per heavy atom. The molecule has 0 aliphatic heterocycles. The second-order valence-corrected chi connectivity index (χ2v) is 5.64. The van der Waals surface area contributed by atoms with E-state index >= 15 is 0 Å². The van der Waals surface area contributed by atoms with Crippen LogP contribution in [0.4, 0.5) is 5.69 Å². The number of aromatic nitrogens is 2. The zero-order valence-corrected chi connectivity index (χ0v) is 12.1. The zero-order valence-electron chi connectivity index (χ0n) is 11.3. The second-order valence-electron chi connectivity index (χ2n) is 5.23. The molecule has 4 nitrogen and oxygen atoms in total. The lowest BCUT2D eigenvalue weighted by Crippen LogP contribution is -2.38. The van der Waals surface area contributed by atoms with Gasteiger partial charge in [0.15, 0.2) is 5.11 Å². The van der Waals surface area contributed by atoms with E-state index in [4.69, 9.17) is 12.2 Å². The van der Waals surface area contributed by atoms with Crippen LogP contribution >= 0.6 is 12.2 Å². The third-order valence-corrected chi connectivity index (χ3v) is 3.92. The smallest absolute Gasteiger partial charge is 0.170 e. The Kier molecular flexibility index (Phi) is 4.06. The molecule has 0 radical (unpaired) electrons. The van der Waals surface area contributed by atoms with Gasteiger partial charge in [0.1, 0.15) is 6.33 Å². The zero-order chi connectivity index (χ0) is 13.8. The molecule has 1 aromatic heterocycles. The van der Waals surface area contributed by atoms with Crippen molar-refractivity contribution in [1.82, 2.24) is 15.3 Å². The number of nitrogens with zero attached hydrogens (tertiary/aromatic N) is 2. The first-order valence-electron chi connectivity index (χ1n) is 7.08. The van der Waals surface area contributed by atoms with E-state index in [1.54, 1.807) is 6.33 Å². The van der Waals surface area contributed by atoms with E-state index in [9.17, 15) is 0 Å². The highest BCUT2D eigenvalue weighted by atomic mass is 32.1. The van der Waals surface area contributed by atoms with Gasteiger partial charge < -0.3 is 10.6 Å². The van der Waals surface area contributed by atoms with Gasteiger partial charge in [-0.2, -0.15) is 0 Å². The van der Waals surface area contributed by atoms with Crippen molar-refractivity contribution in [2.75, 3.05) is 5.32 Å². The summed E-state index contributed by atoms with van der Waals surface area (Å²) < 4.78 is 0. The minimum Gasteiger partial charge on any atom is -0.360 e. The molecule has 5 heteroatoms. The number of anilines is 1. The number of hydrogen-bond acceptors (Lipinski definition) is 3. The highest BCUT2D eigenvalue weighted by Gasteiger charge is 2.13. The predicted octanol–water partition coefficient (Wildman–Crippen LogP) is 3.25. The van der Waals surface area contributed by atoms with Crippen LogP contribution in [-0.4, -0.2) is 21.1 Å². The quantitative estimate of drug-likeness (QED) is 0.830. The molecular formula is C15H18N4S. The van der Waals surface area contributed by atoms with Crippen molar-refractivity contribution < 1.29 is 0 Å². The molecule has 0 amide bonds. The van der Waals surface area contributed by atoms with Crippen molar-refractivity contribution in [3.63, 3.8) is 0 Å². The summed E-state index contributed by atoms with van der Waals surface area (Å²) in [5.41, 5.74) is 1.91. The van der Waals surface area contributed by atoms with Gasteiger partial charge in [-0.05, 0) is 43.3 Å². The Balaban J connectivity index is 1.64. The van der Waals surface area contributed by atoms with Gasteiger partial charge in [0.2, 0.25) is 0 Å². The molecule has 0 spiro atoms. The van der Waals surface area contributed by atoms with Crippen molar-refractivity contribution in [3.05, 3.63) is 30.7 Å². The topological polar surface area (TPSA) is 49.8 Å². The lowest BCUT2D eigenvalue weighted by Gasteiger charge is -2.24. The summed E-state index contributed by atoms with van der Waals surface area (Å²) >= 11 is 5.39. The first-order chi connectivity index (χ1) is 9.81. The van der Waals surface area contributed by atoms with Crippen LogP contribution in [0.1, 0.15) is 32.1 Å². The summed E-state index contributed by atoms with van der Waals surface area (Å²) in [5.74, 6) is 0. The van der Waals surface area contributed by atoms with Crippen LogP contribution in [0.3, 0.4) is 0 Å². The molecule has 0 unspecified atom stereocenters. The molecule has 0 atom stereocenters. The van der Waals surface area contributed by atoms with Crippen LogP contribution in [-0.2, 0) is 0 Å². The van der Waals surface area contributed by atoms with E-state index in [-0.39, 0.29) is 0 Å². The maximum atomic E-state index is 5.39. The first kappa shape index (κ1) is 13.2. The third kappa shape index (κ3) is 3.22. The van der Waals surface area contributed by atoms with E-state index in [0.29, 0.717) is 11.2 Å². The van der Waals surface area contributed by atoms with Gasteiger partial charge in [-0.15, -0.1) is 0 Å². The van der Waals surface area contributed by atoms with E-state index in [1.165, 1.54) is 32.1 Å². The second kappa shape index (κ2) is 6.13. The molecule has 2 aromatic rings. The number of rotatable bonds is 2.